The summed E-state index contributed by atoms with van der Waals surface area (Å²) in [6.45, 7) is 4.78. The van der Waals surface area contributed by atoms with Crippen molar-refractivity contribution in [1.29, 1.82) is 0 Å². The molecule has 1 N–H and O–H groups in total. The minimum Gasteiger partial charge on any atom is -0.491 e. The van der Waals surface area contributed by atoms with Gasteiger partial charge in [-0.3, -0.25) is 9.59 Å². The summed E-state index contributed by atoms with van der Waals surface area (Å²) in [4.78, 5) is 35.2. The second-order valence-electron chi connectivity index (χ2n) is 5.84. The van der Waals surface area contributed by atoms with E-state index in [0.717, 1.165) is 5.56 Å². The molecule has 0 amide bonds. The highest BCUT2D eigenvalue weighted by Gasteiger charge is 2.23. The molecule has 0 unspecified atom stereocenters. The minimum absolute atomic E-state index is 0.249. The zero-order valence-electron chi connectivity index (χ0n) is 14.8. The van der Waals surface area contributed by atoms with Gasteiger partial charge in [-0.2, -0.15) is 0 Å². The number of fused-ring (bicyclic) bond motifs is 3. The number of carboxylic acids is 1. The third kappa shape index (κ3) is 3.35. The molecular weight excluding hydrogens is 324 g/mol. The fourth-order valence-corrected chi connectivity index (χ4v) is 2.81. The van der Waals surface area contributed by atoms with Crippen LogP contribution in [0.1, 0.15) is 36.2 Å². The summed E-state index contributed by atoms with van der Waals surface area (Å²) in [6, 6.07) is 2.95. The highest BCUT2D eigenvalue weighted by Crippen LogP contribution is 2.29. The van der Waals surface area contributed by atoms with Gasteiger partial charge in [0.15, 0.2) is 11.2 Å². The molecule has 134 valence electrons. The third-order valence-electron chi connectivity index (χ3n) is 3.90. The standard InChI is InChI=1S/C15H14N2O5.C3H8/c1-16-13-8(5-12(22-2)14(16)19)3-4-17-7-9(15(20)21)11(18)6-10(13)17;1-3-2/h5-7H,3-4H2,1-2H3,(H,20,21);3H2,1-2H3. The predicted molar refractivity (Wildman–Crippen MR) is 94.6 cm³/mol. The minimum atomic E-state index is -1.25. The molecule has 3 heterocycles. The van der Waals surface area contributed by atoms with Gasteiger partial charge in [-0.25, -0.2) is 4.79 Å². The largest absolute Gasteiger partial charge is 0.491 e. The number of nitrogens with zero attached hydrogens (tertiary/aromatic N) is 2. The van der Waals surface area contributed by atoms with Crippen LogP contribution in [-0.4, -0.2) is 27.3 Å². The molecule has 2 aromatic rings. The molecule has 7 heteroatoms. The molecule has 0 saturated heterocycles. The average Bonchev–Trinajstić information content (AvgIpc) is 2.57. The zero-order valence-corrected chi connectivity index (χ0v) is 14.8. The third-order valence-corrected chi connectivity index (χ3v) is 3.90. The number of hydrogen-bond acceptors (Lipinski definition) is 4. The number of carboxylic acid groups (broad SMARTS) is 1. The van der Waals surface area contributed by atoms with E-state index < -0.39 is 11.4 Å². The average molecular weight is 346 g/mol. The Balaban J connectivity index is 0.000000701. The van der Waals surface area contributed by atoms with Gasteiger partial charge >= 0.3 is 5.97 Å². The van der Waals surface area contributed by atoms with Crippen molar-refractivity contribution >= 4 is 5.97 Å². The fraction of sp³-hybridized carbons (Fsp3) is 0.389. The Morgan fingerprint density at radius 2 is 1.92 bits per heavy atom. The first-order valence-corrected chi connectivity index (χ1v) is 8.10. The molecule has 0 aliphatic carbocycles. The predicted octanol–water partition coefficient (Wildman–Crippen LogP) is 1.89. The topological polar surface area (TPSA) is 90.5 Å². The Labute approximate surface area is 145 Å². The van der Waals surface area contributed by atoms with Crippen LogP contribution >= 0.6 is 0 Å². The van der Waals surface area contributed by atoms with Crippen LogP contribution in [0.3, 0.4) is 0 Å². The van der Waals surface area contributed by atoms with Crippen molar-refractivity contribution in [3.05, 3.63) is 50.0 Å². The first kappa shape index (κ1) is 18.5. The van der Waals surface area contributed by atoms with Gasteiger partial charge in [-0.15, -0.1) is 0 Å². The first-order chi connectivity index (χ1) is 11.8. The maximum absolute atomic E-state index is 12.2. The highest BCUT2D eigenvalue weighted by molar-refractivity contribution is 5.87. The van der Waals surface area contributed by atoms with E-state index in [1.165, 1.54) is 30.4 Å². The van der Waals surface area contributed by atoms with E-state index in [9.17, 15) is 14.4 Å². The Morgan fingerprint density at radius 3 is 2.48 bits per heavy atom. The molecule has 7 nitrogen and oxygen atoms in total. The summed E-state index contributed by atoms with van der Waals surface area (Å²) < 4.78 is 8.20. The van der Waals surface area contributed by atoms with E-state index in [0.29, 0.717) is 24.4 Å². The molecule has 0 saturated carbocycles. The van der Waals surface area contributed by atoms with Crippen LogP contribution in [0.4, 0.5) is 0 Å². The number of rotatable bonds is 2. The van der Waals surface area contributed by atoms with Crippen LogP contribution in [0.5, 0.6) is 5.75 Å². The van der Waals surface area contributed by atoms with Gasteiger partial charge in [-0.05, 0) is 18.1 Å². The van der Waals surface area contributed by atoms with Gasteiger partial charge in [0.25, 0.3) is 5.56 Å². The van der Waals surface area contributed by atoms with Gasteiger partial charge in [0, 0.05) is 25.9 Å². The number of aryl methyl sites for hydroxylation is 2. The van der Waals surface area contributed by atoms with Crippen molar-refractivity contribution in [1.82, 2.24) is 9.13 Å². The smallest absolute Gasteiger partial charge is 0.341 e. The van der Waals surface area contributed by atoms with Crippen LogP contribution < -0.4 is 15.7 Å². The normalized spacial score (nSPS) is 11.7. The Hall–Kier alpha value is -2.83. The molecule has 3 rings (SSSR count). The van der Waals surface area contributed by atoms with Crippen molar-refractivity contribution in [2.75, 3.05) is 7.11 Å². The van der Waals surface area contributed by atoms with Crippen LogP contribution in [0.15, 0.2) is 27.9 Å². The SMILES string of the molecule is CCC.COc1cc2c(n(C)c1=O)-c1cc(=O)c(C(=O)O)cn1CC2. The quantitative estimate of drug-likeness (QED) is 0.897. The van der Waals surface area contributed by atoms with E-state index in [-0.39, 0.29) is 16.9 Å². The number of methoxy groups -OCH3 is 1. The first-order valence-electron chi connectivity index (χ1n) is 8.10. The van der Waals surface area contributed by atoms with Gasteiger partial charge in [0.05, 0.1) is 18.5 Å². The van der Waals surface area contributed by atoms with Gasteiger partial charge < -0.3 is 19.0 Å². The molecule has 2 aromatic heterocycles. The summed E-state index contributed by atoms with van der Waals surface area (Å²) in [5.74, 6) is -1.01. The lowest BCUT2D eigenvalue weighted by Crippen LogP contribution is -2.28. The number of pyridine rings is 2. The molecule has 1 aliphatic rings. The van der Waals surface area contributed by atoms with E-state index >= 15 is 0 Å². The van der Waals surface area contributed by atoms with Crippen LogP contribution in [0.2, 0.25) is 0 Å². The maximum atomic E-state index is 12.2. The van der Waals surface area contributed by atoms with Crippen molar-refractivity contribution in [3.8, 4) is 17.1 Å². The lowest BCUT2D eigenvalue weighted by molar-refractivity contribution is 0.0694. The van der Waals surface area contributed by atoms with Crippen molar-refractivity contribution in [3.63, 3.8) is 0 Å². The lowest BCUT2D eigenvalue weighted by atomic mass is 10.0. The Morgan fingerprint density at radius 1 is 1.28 bits per heavy atom. The summed E-state index contributed by atoms with van der Waals surface area (Å²) in [7, 11) is 3.04. The molecule has 0 bridgehead atoms. The molecule has 0 radical (unpaired) electrons. The van der Waals surface area contributed by atoms with Gasteiger partial charge in [0.2, 0.25) is 0 Å². The molecule has 0 atom stereocenters. The molecule has 25 heavy (non-hydrogen) atoms. The van der Waals surface area contributed by atoms with E-state index in [1.807, 2.05) is 0 Å². The van der Waals surface area contributed by atoms with E-state index in [1.54, 1.807) is 17.7 Å². The van der Waals surface area contributed by atoms with Crippen molar-refractivity contribution in [2.24, 2.45) is 7.05 Å². The van der Waals surface area contributed by atoms with Crippen molar-refractivity contribution < 1.29 is 14.6 Å². The van der Waals surface area contributed by atoms with Crippen LogP contribution in [0, 0.1) is 0 Å². The lowest BCUT2D eigenvalue weighted by Gasteiger charge is -2.25. The van der Waals surface area contributed by atoms with Crippen LogP contribution in [0.25, 0.3) is 11.4 Å². The fourth-order valence-electron chi connectivity index (χ4n) is 2.81. The molecular formula is C18H22N2O5. The molecule has 0 aromatic carbocycles. The zero-order chi connectivity index (χ0) is 18.7. The Kier molecular flexibility index (Phi) is 5.46. The van der Waals surface area contributed by atoms with Gasteiger partial charge in [0.1, 0.15) is 5.56 Å². The Bertz CT molecular complexity index is 924. The highest BCUT2D eigenvalue weighted by atomic mass is 16.5. The second kappa shape index (κ2) is 7.38. The monoisotopic (exact) mass is 346 g/mol. The molecule has 0 fully saturated rings. The summed E-state index contributed by atoms with van der Waals surface area (Å²) in [5, 5.41) is 9.04. The van der Waals surface area contributed by atoms with Gasteiger partial charge in [-0.1, -0.05) is 20.3 Å². The molecule has 0 spiro atoms. The molecule has 1 aliphatic heterocycles. The van der Waals surface area contributed by atoms with E-state index in [2.05, 4.69) is 13.8 Å². The number of aromatic nitrogens is 2. The summed E-state index contributed by atoms with van der Waals surface area (Å²) >= 11 is 0. The van der Waals surface area contributed by atoms with Crippen LogP contribution in [-0.2, 0) is 20.0 Å². The number of aromatic carboxylic acids is 1. The number of ether oxygens (including phenoxy) is 1. The second-order valence-corrected chi connectivity index (χ2v) is 5.84. The maximum Gasteiger partial charge on any atom is 0.341 e. The number of carbonyl (C=O) groups is 1. The summed E-state index contributed by atoms with van der Waals surface area (Å²) in [6.07, 6.45) is 3.20. The summed E-state index contributed by atoms with van der Waals surface area (Å²) in [5.41, 5.74) is 0.899. The van der Waals surface area contributed by atoms with E-state index in [4.69, 9.17) is 9.84 Å². The van der Waals surface area contributed by atoms with Crippen molar-refractivity contribution in [2.45, 2.75) is 33.2 Å². The number of hydrogen-bond donors (Lipinski definition) is 1.